The normalized spacial score (nSPS) is 13.3. The van der Waals surface area contributed by atoms with E-state index >= 15 is 0 Å². The average molecular weight is 289 g/mol. The number of nitrogens with one attached hydrogen (secondary N) is 2. The number of hydrogen-bond donors (Lipinski definition) is 4. The molecule has 2 aromatic rings. The summed E-state index contributed by atoms with van der Waals surface area (Å²) in [5.41, 5.74) is 7.72. The molecule has 5 N–H and O–H groups in total. The molecular weight excluding hydrogens is 266 g/mol. The van der Waals surface area contributed by atoms with Crippen LogP contribution in [-0.2, 0) is 0 Å². The van der Waals surface area contributed by atoms with E-state index in [1.807, 2.05) is 26.8 Å². The zero-order valence-electron chi connectivity index (χ0n) is 12.7. The fraction of sp³-hybridized carbons (Fsp3) is 0.438. The third kappa shape index (κ3) is 3.36. The van der Waals surface area contributed by atoms with Crippen molar-refractivity contribution in [2.24, 2.45) is 5.41 Å². The number of benzene rings is 1. The van der Waals surface area contributed by atoms with Crippen molar-refractivity contribution in [2.45, 2.75) is 33.2 Å². The summed E-state index contributed by atoms with van der Waals surface area (Å²) < 4.78 is 0. The van der Waals surface area contributed by atoms with Gasteiger partial charge in [0.05, 0.1) is 5.56 Å². The molecule has 0 spiro atoms. The van der Waals surface area contributed by atoms with Crippen molar-refractivity contribution in [3.05, 3.63) is 30.0 Å². The summed E-state index contributed by atoms with van der Waals surface area (Å²) >= 11 is 0. The van der Waals surface area contributed by atoms with E-state index in [4.69, 9.17) is 5.73 Å². The number of anilines is 1. The summed E-state index contributed by atoms with van der Waals surface area (Å²) in [5, 5.41) is 13.0. The van der Waals surface area contributed by atoms with Gasteiger partial charge >= 0.3 is 0 Å². The maximum Gasteiger partial charge on any atom is 0.253 e. The lowest BCUT2D eigenvalue weighted by Gasteiger charge is -2.31. The maximum atomic E-state index is 12.5. The Balaban J connectivity index is 2.25. The van der Waals surface area contributed by atoms with Crippen LogP contribution in [0.1, 0.15) is 37.6 Å². The van der Waals surface area contributed by atoms with Crippen LogP contribution in [0.15, 0.2) is 24.4 Å². The molecule has 0 bridgehead atoms. The first-order chi connectivity index (χ1) is 9.82. The summed E-state index contributed by atoms with van der Waals surface area (Å²) in [5.74, 6) is -0.139. The van der Waals surface area contributed by atoms with Gasteiger partial charge < -0.3 is 21.1 Å². The van der Waals surface area contributed by atoms with Gasteiger partial charge in [0.1, 0.15) is 0 Å². The maximum absolute atomic E-state index is 12.5. The molecule has 1 aromatic heterocycles. The summed E-state index contributed by atoms with van der Waals surface area (Å²) in [6.07, 6.45) is 2.22. The third-order valence-electron chi connectivity index (χ3n) is 3.72. The van der Waals surface area contributed by atoms with Gasteiger partial charge in [0, 0.05) is 35.4 Å². The smallest absolute Gasteiger partial charge is 0.253 e. The van der Waals surface area contributed by atoms with Crippen LogP contribution >= 0.6 is 0 Å². The highest BCUT2D eigenvalue weighted by atomic mass is 16.3. The highest BCUT2D eigenvalue weighted by Gasteiger charge is 2.26. The third-order valence-corrected chi connectivity index (χ3v) is 3.72. The summed E-state index contributed by atoms with van der Waals surface area (Å²) in [7, 11) is 0. The Kier molecular flexibility index (Phi) is 4.23. The highest BCUT2D eigenvalue weighted by Crippen LogP contribution is 2.24. The van der Waals surface area contributed by atoms with E-state index < -0.39 is 0 Å². The Morgan fingerprint density at radius 3 is 2.76 bits per heavy atom. The molecule has 1 atom stereocenters. The molecule has 5 nitrogen and oxygen atoms in total. The topological polar surface area (TPSA) is 91.1 Å². The molecule has 2 rings (SSSR count). The van der Waals surface area contributed by atoms with Gasteiger partial charge in [0.2, 0.25) is 0 Å². The highest BCUT2D eigenvalue weighted by molar-refractivity contribution is 6.07. The first kappa shape index (κ1) is 15.4. The largest absolute Gasteiger partial charge is 0.399 e. The number of aliphatic hydroxyl groups excluding tert-OH is 1. The van der Waals surface area contributed by atoms with Crippen LogP contribution in [0.4, 0.5) is 5.69 Å². The number of amides is 1. The van der Waals surface area contributed by atoms with Crippen molar-refractivity contribution in [3.63, 3.8) is 0 Å². The number of nitrogens with two attached hydrogens (primary N) is 1. The van der Waals surface area contributed by atoms with E-state index in [0.717, 1.165) is 10.9 Å². The van der Waals surface area contributed by atoms with Crippen LogP contribution in [0.5, 0.6) is 0 Å². The molecule has 5 heteroatoms. The molecule has 0 saturated carbocycles. The van der Waals surface area contributed by atoms with Crippen molar-refractivity contribution in [3.8, 4) is 0 Å². The van der Waals surface area contributed by atoms with Crippen molar-refractivity contribution >= 4 is 22.5 Å². The average Bonchev–Trinajstić information content (AvgIpc) is 2.79. The van der Waals surface area contributed by atoms with E-state index in [9.17, 15) is 9.90 Å². The number of nitrogen functional groups attached to an aromatic ring is 1. The first-order valence-electron chi connectivity index (χ1n) is 7.11. The number of carbonyl (C=O) groups excluding carboxylic acids is 1. The van der Waals surface area contributed by atoms with E-state index in [0.29, 0.717) is 17.7 Å². The van der Waals surface area contributed by atoms with Gasteiger partial charge in [-0.25, -0.2) is 0 Å². The Morgan fingerprint density at radius 2 is 2.14 bits per heavy atom. The number of hydrogen-bond acceptors (Lipinski definition) is 3. The Labute approximate surface area is 124 Å². The summed E-state index contributed by atoms with van der Waals surface area (Å²) in [6.45, 7) is 6.18. The molecule has 1 amide bonds. The minimum Gasteiger partial charge on any atom is -0.399 e. The SMILES string of the molecule is CC(C)(C)C(CCO)NC(=O)c1c[nH]c2cc(N)ccc12. The van der Waals surface area contributed by atoms with Crippen molar-refractivity contribution in [2.75, 3.05) is 12.3 Å². The minimum atomic E-state index is -0.139. The number of carbonyl (C=O) groups is 1. The lowest BCUT2D eigenvalue weighted by molar-refractivity contribution is 0.0887. The van der Waals surface area contributed by atoms with Crippen LogP contribution in [0.3, 0.4) is 0 Å². The minimum absolute atomic E-state index is 0.0482. The lowest BCUT2D eigenvalue weighted by Crippen LogP contribution is -2.44. The van der Waals surface area contributed by atoms with Crippen molar-refractivity contribution in [1.29, 1.82) is 0 Å². The molecule has 0 radical (unpaired) electrons. The van der Waals surface area contributed by atoms with E-state index in [1.54, 1.807) is 18.3 Å². The van der Waals surface area contributed by atoms with Crippen LogP contribution in [0.25, 0.3) is 10.9 Å². The molecule has 1 unspecified atom stereocenters. The predicted molar refractivity (Wildman–Crippen MR) is 85.1 cm³/mol. The standard InChI is InChI=1S/C16H23N3O2/c1-16(2,3)14(6-7-20)19-15(21)12-9-18-13-8-10(17)4-5-11(12)13/h4-5,8-9,14,18,20H,6-7,17H2,1-3H3,(H,19,21). The van der Waals surface area contributed by atoms with E-state index in [-0.39, 0.29) is 24.0 Å². The predicted octanol–water partition coefficient (Wildman–Crippen LogP) is 2.28. The zero-order chi connectivity index (χ0) is 15.6. The molecule has 0 aliphatic carbocycles. The summed E-state index contributed by atoms with van der Waals surface area (Å²) in [4.78, 5) is 15.6. The van der Waals surface area contributed by atoms with Gasteiger partial charge in [-0.2, -0.15) is 0 Å². The lowest BCUT2D eigenvalue weighted by atomic mass is 9.84. The van der Waals surface area contributed by atoms with Gasteiger partial charge in [-0.05, 0) is 30.0 Å². The van der Waals surface area contributed by atoms with Gasteiger partial charge in [-0.15, -0.1) is 0 Å². The van der Waals surface area contributed by atoms with Crippen molar-refractivity contribution < 1.29 is 9.90 Å². The quantitative estimate of drug-likeness (QED) is 0.651. The monoisotopic (exact) mass is 289 g/mol. The van der Waals surface area contributed by atoms with Gasteiger partial charge in [0.15, 0.2) is 0 Å². The fourth-order valence-electron chi connectivity index (χ4n) is 2.42. The molecule has 0 aliphatic heterocycles. The molecule has 1 heterocycles. The fourth-order valence-corrected chi connectivity index (χ4v) is 2.42. The molecule has 0 fully saturated rings. The van der Waals surface area contributed by atoms with Crippen LogP contribution in [0.2, 0.25) is 0 Å². The number of aromatic amines is 1. The number of aliphatic hydroxyl groups is 1. The van der Waals surface area contributed by atoms with Gasteiger partial charge in [0.25, 0.3) is 5.91 Å². The summed E-state index contributed by atoms with van der Waals surface area (Å²) in [6, 6.07) is 5.34. The van der Waals surface area contributed by atoms with Gasteiger partial charge in [-0.3, -0.25) is 4.79 Å². The molecule has 0 saturated heterocycles. The number of fused-ring (bicyclic) bond motifs is 1. The molecule has 0 aliphatic rings. The van der Waals surface area contributed by atoms with Crippen LogP contribution in [0, 0.1) is 5.41 Å². The van der Waals surface area contributed by atoms with Crippen LogP contribution < -0.4 is 11.1 Å². The number of aromatic nitrogens is 1. The molecular formula is C16H23N3O2. The Hall–Kier alpha value is -2.01. The molecule has 1 aromatic carbocycles. The van der Waals surface area contributed by atoms with E-state index in [1.165, 1.54) is 0 Å². The van der Waals surface area contributed by atoms with Crippen LogP contribution in [-0.4, -0.2) is 28.6 Å². The number of rotatable bonds is 4. The first-order valence-corrected chi connectivity index (χ1v) is 7.11. The Bertz CT molecular complexity index is 640. The van der Waals surface area contributed by atoms with Crippen molar-refractivity contribution in [1.82, 2.24) is 10.3 Å². The van der Waals surface area contributed by atoms with E-state index in [2.05, 4.69) is 10.3 Å². The second-order valence-corrected chi connectivity index (χ2v) is 6.41. The van der Waals surface area contributed by atoms with Gasteiger partial charge in [-0.1, -0.05) is 20.8 Å². The Morgan fingerprint density at radius 1 is 1.43 bits per heavy atom. The molecule has 21 heavy (non-hydrogen) atoms. The number of H-pyrrole nitrogens is 1. The zero-order valence-corrected chi connectivity index (χ0v) is 12.7. The second-order valence-electron chi connectivity index (χ2n) is 6.41. The molecule has 114 valence electrons. The second kappa shape index (κ2) is 5.77.